The van der Waals surface area contributed by atoms with Crippen molar-refractivity contribution in [1.29, 1.82) is 0 Å². The van der Waals surface area contributed by atoms with E-state index in [0.29, 0.717) is 17.1 Å². The number of nitrogens with zero attached hydrogens (tertiary/aromatic N) is 2. The third-order valence-corrected chi connectivity index (χ3v) is 4.43. The molecule has 9 heteroatoms. The summed E-state index contributed by atoms with van der Waals surface area (Å²) in [5.41, 5.74) is 1.95. The molecule has 0 radical (unpaired) electrons. The molecular weight excluding hydrogens is 428 g/mol. The van der Waals surface area contributed by atoms with Gasteiger partial charge < -0.3 is 24.5 Å². The molecule has 2 heterocycles. The minimum absolute atomic E-state index is 0.137. The number of rotatable bonds is 7. The lowest BCUT2D eigenvalue weighted by Crippen LogP contribution is -2.25. The zero-order valence-corrected chi connectivity index (χ0v) is 16.9. The van der Waals surface area contributed by atoms with Gasteiger partial charge in [-0.2, -0.15) is 0 Å². The lowest BCUT2D eigenvalue weighted by Gasteiger charge is -2.11. The number of benzene rings is 1. The van der Waals surface area contributed by atoms with Crippen LogP contribution in [0.25, 0.3) is 5.65 Å². The summed E-state index contributed by atoms with van der Waals surface area (Å²) in [5.74, 6) is 0.223. The first-order valence-corrected chi connectivity index (χ1v) is 9.22. The summed E-state index contributed by atoms with van der Waals surface area (Å²) >= 11 is 3.41. The van der Waals surface area contributed by atoms with E-state index in [1.54, 1.807) is 18.2 Å². The van der Waals surface area contributed by atoms with Crippen molar-refractivity contribution in [2.75, 3.05) is 20.8 Å². The number of hydrogen-bond acceptors (Lipinski definition) is 5. The predicted molar refractivity (Wildman–Crippen MR) is 107 cm³/mol. The minimum Gasteiger partial charge on any atom is -0.493 e. The van der Waals surface area contributed by atoms with Gasteiger partial charge in [-0.3, -0.25) is 9.59 Å². The van der Waals surface area contributed by atoms with E-state index in [1.165, 1.54) is 14.2 Å². The average Bonchev–Trinajstić information content (AvgIpc) is 3.11. The molecule has 0 aliphatic carbocycles. The van der Waals surface area contributed by atoms with Crippen molar-refractivity contribution in [2.45, 2.75) is 6.54 Å². The van der Waals surface area contributed by atoms with Gasteiger partial charge in [0.15, 0.2) is 18.1 Å². The quantitative estimate of drug-likeness (QED) is 0.579. The second-order valence-corrected chi connectivity index (χ2v) is 6.77. The summed E-state index contributed by atoms with van der Waals surface area (Å²) in [6.45, 7) is 0.151. The van der Waals surface area contributed by atoms with Gasteiger partial charge in [0.25, 0.3) is 11.8 Å². The lowest BCUT2D eigenvalue weighted by atomic mass is 10.2. The number of aromatic nitrogens is 2. The van der Waals surface area contributed by atoms with Crippen LogP contribution in [0.1, 0.15) is 16.1 Å². The Morgan fingerprint density at radius 1 is 1.18 bits per heavy atom. The Morgan fingerprint density at radius 3 is 2.75 bits per heavy atom. The molecule has 2 N–H and O–H groups in total. The normalized spacial score (nSPS) is 10.5. The first kappa shape index (κ1) is 19.7. The number of carbonyl (C=O) groups excluding carboxylic acids is 2. The van der Waals surface area contributed by atoms with Crippen LogP contribution >= 0.6 is 15.9 Å². The Balaban J connectivity index is 1.66. The smallest absolute Gasteiger partial charge is 0.257 e. The molecule has 0 unspecified atom stereocenters. The van der Waals surface area contributed by atoms with E-state index in [9.17, 15) is 9.59 Å². The number of ether oxygens (including phenoxy) is 2. The van der Waals surface area contributed by atoms with Gasteiger partial charge in [-0.05, 0) is 46.3 Å². The van der Waals surface area contributed by atoms with Gasteiger partial charge in [0.05, 0.1) is 19.3 Å². The van der Waals surface area contributed by atoms with Crippen LogP contribution in [0.2, 0.25) is 0 Å². The fourth-order valence-electron chi connectivity index (χ4n) is 2.52. The minimum atomic E-state index is -0.269. The number of nitrogens with one attached hydrogen (secondary N) is 2. The molecule has 0 saturated carbocycles. The number of carbonyl (C=O) groups is 2. The van der Waals surface area contributed by atoms with E-state index in [1.807, 2.05) is 28.9 Å². The summed E-state index contributed by atoms with van der Waals surface area (Å²) in [6.07, 6.45) is 3.76. The summed E-state index contributed by atoms with van der Waals surface area (Å²) in [7, 11) is 3.00. The highest BCUT2D eigenvalue weighted by Crippen LogP contribution is 2.28. The Hall–Kier alpha value is -3.07. The van der Waals surface area contributed by atoms with E-state index in [2.05, 4.69) is 31.5 Å². The molecular formula is C19H19BrN4O4. The third-order valence-electron chi connectivity index (χ3n) is 3.96. The molecule has 0 fully saturated rings. The molecule has 0 spiro atoms. The van der Waals surface area contributed by atoms with Crippen molar-refractivity contribution < 1.29 is 19.1 Å². The third kappa shape index (κ3) is 4.61. The van der Waals surface area contributed by atoms with Gasteiger partial charge in [-0.1, -0.05) is 0 Å². The molecule has 2 amide bonds. The molecule has 28 heavy (non-hydrogen) atoms. The molecule has 3 rings (SSSR count). The van der Waals surface area contributed by atoms with E-state index < -0.39 is 0 Å². The second kappa shape index (κ2) is 8.75. The number of amides is 2. The molecule has 0 saturated heterocycles. The predicted octanol–water partition coefficient (Wildman–Crippen LogP) is 2.16. The van der Waals surface area contributed by atoms with Crippen molar-refractivity contribution >= 4 is 33.4 Å². The lowest BCUT2D eigenvalue weighted by molar-refractivity contribution is -0.122. The second-order valence-electron chi connectivity index (χ2n) is 5.86. The fraction of sp³-hybridized carbons (Fsp3) is 0.211. The molecule has 0 atom stereocenters. The van der Waals surface area contributed by atoms with E-state index in [-0.39, 0.29) is 25.0 Å². The number of pyridine rings is 1. The average molecular weight is 447 g/mol. The molecule has 0 aliphatic rings. The van der Waals surface area contributed by atoms with Gasteiger partial charge in [0, 0.05) is 29.5 Å². The largest absolute Gasteiger partial charge is 0.493 e. The SMILES string of the molecule is CNC(=O)COc1ccc(C(=O)NCc2cn3cc(Br)ccc3n2)cc1OC. The number of hydrogen-bond donors (Lipinski definition) is 2. The van der Waals surface area contributed by atoms with Crippen LogP contribution in [0.4, 0.5) is 0 Å². The highest BCUT2D eigenvalue weighted by molar-refractivity contribution is 9.10. The molecule has 8 nitrogen and oxygen atoms in total. The van der Waals surface area contributed by atoms with Crippen LogP contribution in [-0.4, -0.2) is 42.0 Å². The highest BCUT2D eigenvalue weighted by atomic mass is 79.9. The summed E-state index contributed by atoms with van der Waals surface area (Å²) < 4.78 is 13.5. The number of fused-ring (bicyclic) bond motifs is 1. The first-order chi connectivity index (χ1) is 13.5. The van der Waals surface area contributed by atoms with Crippen LogP contribution in [0.15, 0.2) is 47.2 Å². The van der Waals surface area contributed by atoms with Crippen LogP contribution < -0.4 is 20.1 Å². The Bertz CT molecular complexity index is 1020. The Morgan fingerprint density at radius 2 is 2.00 bits per heavy atom. The molecule has 0 bridgehead atoms. The standard InChI is InChI=1S/C19H19BrN4O4/c1-21-18(25)11-28-15-5-3-12(7-16(15)27-2)19(26)22-8-14-10-24-9-13(20)4-6-17(24)23-14/h3-7,9-10H,8,11H2,1-2H3,(H,21,25)(H,22,26). The van der Waals surface area contributed by atoms with Crippen molar-refractivity contribution in [3.63, 3.8) is 0 Å². The molecule has 2 aromatic heterocycles. The fourth-order valence-corrected chi connectivity index (χ4v) is 2.87. The molecule has 146 valence electrons. The summed E-state index contributed by atoms with van der Waals surface area (Å²) in [4.78, 5) is 28.2. The van der Waals surface area contributed by atoms with E-state index >= 15 is 0 Å². The van der Waals surface area contributed by atoms with Crippen molar-refractivity contribution in [3.8, 4) is 11.5 Å². The van der Waals surface area contributed by atoms with Crippen molar-refractivity contribution in [1.82, 2.24) is 20.0 Å². The number of imidazole rings is 1. The molecule has 3 aromatic rings. The zero-order valence-electron chi connectivity index (χ0n) is 15.4. The van der Waals surface area contributed by atoms with Gasteiger partial charge >= 0.3 is 0 Å². The summed E-state index contributed by atoms with van der Waals surface area (Å²) in [5, 5.41) is 5.30. The van der Waals surface area contributed by atoms with Gasteiger partial charge in [-0.15, -0.1) is 0 Å². The highest BCUT2D eigenvalue weighted by Gasteiger charge is 2.13. The zero-order chi connectivity index (χ0) is 20.1. The maximum absolute atomic E-state index is 12.5. The Kier molecular flexibility index (Phi) is 6.15. The maximum Gasteiger partial charge on any atom is 0.257 e. The van der Waals surface area contributed by atoms with E-state index in [4.69, 9.17) is 9.47 Å². The topological polar surface area (TPSA) is 94.0 Å². The number of halogens is 1. The molecule has 1 aromatic carbocycles. The van der Waals surface area contributed by atoms with Crippen molar-refractivity contribution in [3.05, 3.63) is 58.5 Å². The van der Waals surface area contributed by atoms with Crippen LogP contribution in [0.3, 0.4) is 0 Å². The van der Waals surface area contributed by atoms with Gasteiger partial charge in [0.1, 0.15) is 5.65 Å². The van der Waals surface area contributed by atoms with Crippen LogP contribution in [-0.2, 0) is 11.3 Å². The molecule has 0 aliphatic heterocycles. The van der Waals surface area contributed by atoms with Gasteiger partial charge in [-0.25, -0.2) is 4.98 Å². The van der Waals surface area contributed by atoms with Gasteiger partial charge in [0.2, 0.25) is 0 Å². The van der Waals surface area contributed by atoms with Crippen LogP contribution in [0, 0.1) is 0 Å². The van der Waals surface area contributed by atoms with E-state index in [0.717, 1.165) is 15.8 Å². The first-order valence-electron chi connectivity index (χ1n) is 8.43. The Labute approximate surface area is 170 Å². The summed E-state index contributed by atoms with van der Waals surface area (Å²) in [6, 6.07) is 8.56. The van der Waals surface area contributed by atoms with Crippen molar-refractivity contribution in [2.24, 2.45) is 0 Å². The monoisotopic (exact) mass is 446 g/mol. The maximum atomic E-state index is 12.5. The number of likely N-dealkylation sites (N-methyl/N-ethyl adjacent to an activating group) is 1. The van der Waals surface area contributed by atoms with Crippen LogP contribution in [0.5, 0.6) is 11.5 Å². The number of methoxy groups -OCH3 is 1.